The summed E-state index contributed by atoms with van der Waals surface area (Å²) in [5.41, 5.74) is 4.17. The number of thiazole rings is 1. The van der Waals surface area contributed by atoms with Crippen molar-refractivity contribution in [3.8, 4) is 5.75 Å². The molecule has 10 heteroatoms. The van der Waals surface area contributed by atoms with Gasteiger partial charge in [0.1, 0.15) is 12.4 Å². The first-order chi connectivity index (χ1) is 20.2. The maximum atomic E-state index is 13.9. The van der Waals surface area contributed by atoms with E-state index in [1.54, 1.807) is 18.4 Å². The Labute approximate surface area is 261 Å². The second-order valence-corrected chi connectivity index (χ2v) is 12.1. The van der Waals surface area contributed by atoms with Gasteiger partial charge in [0, 0.05) is 30.4 Å². The molecule has 0 bridgehead atoms. The van der Waals surface area contributed by atoms with Crippen LogP contribution in [0.2, 0.25) is 5.02 Å². The van der Waals surface area contributed by atoms with Crippen LogP contribution in [0.1, 0.15) is 36.6 Å². The average molecular weight is 667 g/mol. The number of fused-ring (bicyclic) bond motifs is 1. The molecule has 0 unspecified atom stereocenters. The zero-order chi connectivity index (χ0) is 30.0. The van der Waals surface area contributed by atoms with Gasteiger partial charge >= 0.3 is 5.97 Å². The van der Waals surface area contributed by atoms with Gasteiger partial charge < -0.3 is 14.4 Å². The summed E-state index contributed by atoms with van der Waals surface area (Å²) in [5.74, 6) is 0.176. The fourth-order valence-corrected chi connectivity index (χ4v) is 6.46. The number of rotatable bonds is 8. The number of anilines is 1. The van der Waals surface area contributed by atoms with E-state index >= 15 is 0 Å². The van der Waals surface area contributed by atoms with E-state index in [0.717, 1.165) is 26.9 Å². The van der Waals surface area contributed by atoms with E-state index in [1.807, 2.05) is 91.8 Å². The molecule has 0 saturated carbocycles. The Hall–Kier alpha value is -3.66. The minimum atomic E-state index is -0.661. The van der Waals surface area contributed by atoms with Crippen LogP contribution in [0.15, 0.2) is 92.3 Å². The summed E-state index contributed by atoms with van der Waals surface area (Å²) in [6, 6.07) is 20.3. The van der Waals surface area contributed by atoms with Gasteiger partial charge in [-0.25, -0.2) is 9.79 Å². The molecule has 5 rings (SSSR count). The molecule has 7 nitrogen and oxygen atoms in total. The first-order valence-electron chi connectivity index (χ1n) is 13.3. The molecular formula is C32H29BrClN3O4S. The van der Waals surface area contributed by atoms with Crippen LogP contribution in [-0.2, 0) is 16.1 Å². The molecule has 2 heterocycles. The van der Waals surface area contributed by atoms with Crippen molar-refractivity contribution in [1.29, 1.82) is 0 Å². The fourth-order valence-electron chi connectivity index (χ4n) is 4.71. The molecule has 1 aromatic heterocycles. The van der Waals surface area contributed by atoms with Crippen molar-refractivity contribution in [3.05, 3.63) is 124 Å². The van der Waals surface area contributed by atoms with Crippen LogP contribution in [0.5, 0.6) is 5.75 Å². The maximum absolute atomic E-state index is 13.9. The normalized spacial score (nSPS) is 14.8. The zero-order valence-corrected chi connectivity index (χ0v) is 26.7. The van der Waals surface area contributed by atoms with E-state index in [1.165, 1.54) is 11.3 Å². The van der Waals surface area contributed by atoms with E-state index < -0.39 is 12.0 Å². The second kappa shape index (κ2) is 12.7. The molecule has 0 aliphatic carbocycles. The predicted molar refractivity (Wildman–Crippen MR) is 171 cm³/mol. The fraction of sp³-hybridized carbons (Fsp3) is 0.219. The summed E-state index contributed by atoms with van der Waals surface area (Å²) in [7, 11) is 3.92. The van der Waals surface area contributed by atoms with Gasteiger partial charge in [-0.2, -0.15) is 0 Å². The lowest BCUT2D eigenvalue weighted by molar-refractivity contribution is -0.139. The zero-order valence-electron chi connectivity index (χ0n) is 23.6. The van der Waals surface area contributed by atoms with Crippen LogP contribution in [0, 0.1) is 0 Å². The monoisotopic (exact) mass is 665 g/mol. The van der Waals surface area contributed by atoms with Gasteiger partial charge in [-0.05, 0) is 77.3 Å². The average Bonchev–Trinajstić information content (AvgIpc) is 3.26. The third-order valence-electron chi connectivity index (χ3n) is 6.84. The van der Waals surface area contributed by atoms with Crippen LogP contribution in [0.25, 0.3) is 6.08 Å². The maximum Gasteiger partial charge on any atom is 0.338 e. The highest BCUT2D eigenvalue weighted by atomic mass is 79.9. The number of nitrogens with zero attached hydrogens (tertiary/aromatic N) is 3. The Kier molecular flexibility index (Phi) is 9.01. The van der Waals surface area contributed by atoms with Crippen LogP contribution < -0.4 is 24.5 Å². The minimum Gasteiger partial charge on any atom is -0.488 e. The molecule has 1 atom stereocenters. The Balaban J connectivity index is 1.53. The third-order valence-corrected chi connectivity index (χ3v) is 8.81. The number of allylic oxidation sites excluding steroid dienone is 1. The molecule has 0 N–H and O–H groups in total. The largest absolute Gasteiger partial charge is 0.488 e. The van der Waals surface area contributed by atoms with Gasteiger partial charge in [-0.3, -0.25) is 9.36 Å². The van der Waals surface area contributed by atoms with Gasteiger partial charge in [0.05, 0.1) is 32.9 Å². The van der Waals surface area contributed by atoms with Gasteiger partial charge in [-0.15, -0.1) is 0 Å². The Morgan fingerprint density at radius 1 is 1.14 bits per heavy atom. The second-order valence-electron chi connectivity index (χ2n) is 9.86. The number of esters is 1. The highest BCUT2D eigenvalue weighted by Crippen LogP contribution is 2.32. The SMILES string of the molecule is CCOC(=O)C1=C(C)N=c2s/c(=C\c3ccc(OCc4ccccc4Cl)c(Br)c3)c(=O)n2[C@H]1c1ccc(N(C)C)cc1. The Bertz CT molecular complexity index is 1860. The predicted octanol–water partition coefficient (Wildman–Crippen LogP) is 5.86. The van der Waals surface area contributed by atoms with Gasteiger partial charge in [0.15, 0.2) is 4.80 Å². The highest BCUT2D eigenvalue weighted by molar-refractivity contribution is 9.10. The lowest BCUT2D eigenvalue weighted by atomic mass is 9.95. The summed E-state index contributed by atoms with van der Waals surface area (Å²) >= 11 is 11.1. The number of hydrogen-bond acceptors (Lipinski definition) is 7. The van der Waals surface area contributed by atoms with Gasteiger partial charge in [-0.1, -0.05) is 59.3 Å². The number of halogens is 2. The van der Waals surface area contributed by atoms with Crippen molar-refractivity contribution < 1.29 is 14.3 Å². The smallest absolute Gasteiger partial charge is 0.338 e. The summed E-state index contributed by atoms with van der Waals surface area (Å²) in [6.07, 6.45) is 1.82. The molecule has 0 spiro atoms. The van der Waals surface area contributed by atoms with E-state index in [4.69, 9.17) is 21.1 Å². The molecule has 0 fully saturated rings. The van der Waals surface area contributed by atoms with Crippen LogP contribution in [0.4, 0.5) is 5.69 Å². The molecule has 1 aliphatic heterocycles. The van der Waals surface area contributed by atoms with E-state index in [2.05, 4.69) is 20.9 Å². The van der Waals surface area contributed by atoms with Crippen molar-refractivity contribution >= 4 is 56.6 Å². The highest BCUT2D eigenvalue weighted by Gasteiger charge is 2.33. The van der Waals surface area contributed by atoms with Crippen molar-refractivity contribution in [2.45, 2.75) is 26.5 Å². The van der Waals surface area contributed by atoms with Crippen molar-refractivity contribution in [2.24, 2.45) is 4.99 Å². The molecule has 0 amide bonds. The standard InChI is InChI=1S/C32H29BrClN3O4S/c1-5-40-31(39)28-19(2)35-32-37(29(28)21-11-13-23(14-12-21)36(3)4)30(38)27(42-32)17-20-10-15-26(24(33)16-20)41-18-22-8-6-7-9-25(22)34/h6-17,29H,5,18H2,1-4H3/b27-17-/t29-/m0/s1. The lowest BCUT2D eigenvalue weighted by Gasteiger charge is -2.25. The van der Waals surface area contributed by atoms with Crippen molar-refractivity contribution in [2.75, 3.05) is 25.6 Å². The van der Waals surface area contributed by atoms with Crippen molar-refractivity contribution in [1.82, 2.24) is 4.57 Å². The van der Waals surface area contributed by atoms with E-state index in [9.17, 15) is 9.59 Å². The molecule has 216 valence electrons. The van der Waals surface area contributed by atoms with Crippen LogP contribution >= 0.6 is 38.9 Å². The van der Waals surface area contributed by atoms with Gasteiger partial charge in [0.2, 0.25) is 0 Å². The molecule has 42 heavy (non-hydrogen) atoms. The first kappa shape index (κ1) is 29.8. The third kappa shape index (κ3) is 6.09. The molecule has 0 saturated heterocycles. The summed E-state index contributed by atoms with van der Waals surface area (Å²) < 4.78 is 14.2. The minimum absolute atomic E-state index is 0.222. The lowest BCUT2D eigenvalue weighted by Crippen LogP contribution is -2.39. The van der Waals surface area contributed by atoms with Crippen molar-refractivity contribution in [3.63, 3.8) is 0 Å². The van der Waals surface area contributed by atoms with E-state index in [-0.39, 0.29) is 12.2 Å². The molecule has 0 radical (unpaired) electrons. The number of benzene rings is 3. The molecular weight excluding hydrogens is 638 g/mol. The number of hydrogen-bond donors (Lipinski definition) is 0. The number of carbonyl (C=O) groups is 1. The number of ether oxygens (including phenoxy) is 2. The molecule has 4 aromatic rings. The van der Waals surface area contributed by atoms with Crippen LogP contribution in [0.3, 0.4) is 0 Å². The Morgan fingerprint density at radius 2 is 1.88 bits per heavy atom. The number of aromatic nitrogens is 1. The first-order valence-corrected chi connectivity index (χ1v) is 15.3. The van der Waals surface area contributed by atoms with Gasteiger partial charge in [0.25, 0.3) is 5.56 Å². The summed E-state index contributed by atoms with van der Waals surface area (Å²) in [5, 5.41) is 0.647. The topological polar surface area (TPSA) is 73.1 Å². The molecule has 1 aliphatic rings. The Morgan fingerprint density at radius 3 is 2.55 bits per heavy atom. The van der Waals surface area contributed by atoms with E-state index in [0.29, 0.717) is 38.0 Å². The van der Waals surface area contributed by atoms with Crippen LogP contribution in [-0.4, -0.2) is 31.2 Å². The summed E-state index contributed by atoms with van der Waals surface area (Å²) in [4.78, 5) is 34.2. The molecule has 3 aromatic carbocycles. The summed E-state index contributed by atoms with van der Waals surface area (Å²) in [6.45, 7) is 4.09. The quantitative estimate of drug-likeness (QED) is 0.221. The number of carbonyl (C=O) groups excluding carboxylic acids is 1.